The topological polar surface area (TPSA) is 76.6 Å². The van der Waals surface area contributed by atoms with Crippen molar-refractivity contribution in [3.63, 3.8) is 0 Å². The Morgan fingerprint density at radius 2 is 1.55 bits per heavy atom. The molecule has 0 atom stereocenters. The van der Waals surface area contributed by atoms with Crippen molar-refractivity contribution >= 4 is 50.0 Å². The number of phenolic OH excluding ortho intramolecular Hbond substituents is 1. The lowest BCUT2D eigenvalue weighted by Crippen LogP contribution is -2.24. The number of fused-ring (bicyclic) bond motifs is 5. The van der Waals surface area contributed by atoms with Gasteiger partial charge < -0.3 is 15.2 Å². The molecule has 0 aliphatic rings. The Labute approximate surface area is 172 Å². The maximum atomic E-state index is 14.3. The maximum absolute atomic E-state index is 14.3. The number of hydrogen-bond acceptors (Lipinski definition) is 2. The molecule has 1 amide bonds. The van der Waals surface area contributed by atoms with Crippen LogP contribution in [0.3, 0.4) is 0 Å². The number of rotatable bonds is 2. The smallest absolute Gasteiger partial charge is 0.416 e. The van der Waals surface area contributed by atoms with E-state index < -0.39 is 29.2 Å². The van der Waals surface area contributed by atoms with Crippen LogP contribution in [0.15, 0.2) is 60.7 Å². The van der Waals surface area contributed by atoms with Crippen molar-refractivity contribution in [3.05, 3.63) is 78.1 Å². The molecule has 1 aromatic heterocycles. The number of aromatic nitrogens is 1. The van der Waals surface area contributed by atoms with Gasteiger partial charge in [-0.15, -0.1) is 0 Å². The van der Waals surface area contributed by atoms with E-state index in [-0.39, 0.29) is 11.5 Å². The van der Waals surface area contributed by atoms with Crippen molar-refractivity contribution in [1.82, 2.24) is 4.98 Å². The molecular weight excluding hydrogens is 409 g/mol. The highest BCUT2D eigenvalue weighted by atomic mass is 19.1. The lowest BCUT2D eigenvalue weighted by atomic mass is 10.0. The molecule has 0 saturated heterocycles. The Kier molecular flexibility index (Phi) is 4.04. The average Bonchev–Trinajstić information content (AvgIpc) is 3.08. The Morgan fingerprint density at radius 3 is 2.29 bits per heavy atom. The summed E-state index contributed by atoms with van der Waals surface area (Å²) < 4.78 is 41.3. The van der Waals surface area contributed by atoms with Crippen LogP contribution in [-0.4, -0.2) is 21.3 Å². The third kappa shape index (κ3) is 2.92. The van der Waals surface area contributed by atoms with Crippen LogP contribution in [0.2, 0.25) is 0 Å². The van der Waals surface area contributed by atoms with Gasteiger partial charge in [-0.2, -0.15) is 0 Å². The van der Waals surface area contributed by atoms with E-state index in [9.17, 15) is 28.2 Å². The molecule has 0 aliphatic carbocycles. The van der Waals surface area contributed by atoms with Crippen LogP contribution in [0.25, 0.3) is 32.6 Å². The minimum Gasteiger partial charge on any atom is -0.506 e. The second-order valence-corrected chi connectivity index (χ2v) is 7.08. The summed E-state index contributed by atoms with van der Waals surface area (Å²) in [5.41, 5.74) is 0.723. The molecule has 5 aromatic rings. The lowest BCUT2D eigenvalue weighted by molar-refractivity contribution is 0.204. The number of benzene rings is 4. The number of amides is 1. The van der Waals surface area contributed by atoms with E-state index in [1.54, 1.807) is 18.2 Å². The van der Waals surface area contributed by atoms with Crippen molar-refractivity contribution in [3.8, 4) is 5.75 Å². The average molecular weight is 422 g/mol. The first kappa shape index (κ1) is 18.8. The van der Waals surface area contributed by atoms with Crippen molar-refractivity contribution in [1.29, 1.82) is 0 Å². The van der Waals surface area contributed by atoms with Crippen molar-refractivity contribution in [2.45, 2.75) is 0 Å². The summed E-state index contributed by atoms with van der Waals surface area (Å²) in [5, 5.41) is 22.8. The Balaban J connectivity index is 1.76. The number of carboxylic acid groups (broad SMARTS) is 1. The summed E-state index contributed by atoms with van der Waals surface area (Å²) in [6.45, 7) is 0. The van der Waals surface area contributed by atoms with Gasteiger partial charge in [-0.25, -0.2) is 22.9 Å². The van der Waals surface area contributed by atoms with E-state index in [2.05, 4.69) is 4.98 Å². The summed E-state index contributed by atoms with van der Waals surface area (Å²) in [5.74, 6) is -2.75. The van der Waals surface area contributed by atoms with Gasteiger partial charge in [0.05, 0.1) is 16.9 Å². The van der Waals surface area contributed by atoms with Gasteiger partial charge in [-0.05, 0) is 47.9 Å². The van der Waals surface area contributed by atoms with Gasteiger partial charge in [0.2, 0.25) is 0 Å². The SMILES string of the molecule is O=C(O)N(c1cc2ccc3c4cc(F)ccc4[nH]c3c2cc1O)c1ccc(F)cc1F. The predicted octanol–water partition coefficient (Wildman–Crippen LogP) is 6.41. The molecule has 0 fully saturated rings. The van der Waals surface area contributed by atoms with E-state index in [1.165, 1.54) is 24.3 Å². The quantitative estimate of drug-likeness (QED) is 0.308. The molecule has 1 heterocycles. The van der Waals surface area contributed by atoms with Gasteiger partial charge in [0.15, 0.2) is 0 Å². The molecule has 8 heteroatoms. The summed E-state index contributed by atoms with van der Waals surface area (Å²) >= 11 is 0. The van der Waals surface area contributed by atoms with Crippen LogP contribution >= 0.6 is 0 Å². The molecular formula is C23H13F3N2O3. The molecule has 5 nitrogen and oxygen atoms in total. The van der Waals surface area contributed by atoms with E-state index in [0.717, 1.165) is 17.5 Å². The first-order valence-corrected chi connectivity index (χ1v) is 9.18. The number of aromatic hydroxyl groups is 1. The largest absolute Gasteiger partial charge is 0.506 e. The molecule has 31 heavy (non-hydrogen) atoms. The normalized spacial score (nSPS) is 11.5. The summed E-state index contributed by atoms with van der Waals surface area (Å²) in [6.07, 6.45) is -1.55. The predicted molar refractivity (Wildman–Crippen MR) is 111 cm³/mol. The summed E-state index contributed by atoms with van der Waals surface area (Å²) in [6, 6.07) is 13.0. The second-order valence-electron chi connectivity index (χ2n) is 7.08. The Bertz CT molecular complexity index is 1530. The van der Waals surface area contributed by atoms with Gasteiger partial charge >= 0.3 is 6.09 Å². The molecule has 0 spiro atoms. The molecule has 0 radical (unpaired) electrons. The fraction of sp³-hybridized carbons (Fsp3) is 0. The fourth-order valence-corrected chi connectivity index (χ4v) is 3.87. The number of carbonyl (C=O) groups is 1. The number of hydrogen-bond donors (Lipinski definition) is 3. The number of halogens is 3. The fourth-order valence-electron chi connectivity index (χ4n) is 3.87. The number of anilines is 2. The van der Waals surface area contributed by atoms with Gasteiger partial charge in [0, 0.05) is 27.7 Å². The standard InChI is InChI=1S/C23H13F3N2O3/c24-12-2-5-18-16(8-12)14-4-1-11-7-20(21(29)10-15(11)22(14)27-18)28(23(30)31)19-6-3-13(25)9-17(19)26/h1-10,27,29H,(H,30,31). The minimum atomic E-state index is -1.55. The maximum Gasteiger partial charge on any atom is 0.416 e. The van der Waals surface area contributed by atoms with Crippen LogP contribution in [0.4, 0.5) is 29.3 Å². The Morgan fingerprint density at radius 1 is 0.806 bits per heavy atom. The van der Waals surface area contributed by atoms with Crippen LogP contribution < -0.4 is 4.90 Å². The molecule has 0 saturated carbocycles. The van der Waals surface area contributed by atoms with Crippen LogP contribution in [0, 0.1) is 17.5 Å². The van der Waals surface area contributed by atoms with Crippen LogP contribution in [0.5, 0.6) is 5.75 Å². The molecule has 3 N–H and O–H groups in total. The van der Waals surface area contributed by atoms with Crippen molar-refractivity contribution in [2.24, 2.45) is 0 Å². The van der Waals surface area contributed by atoms with Crippen LogP contribution in [-0.2, 0) is 0 Å². The monoisotopic (exact) mass is 422 g/mol. The van der Waals surface area contributed by atoms with Gasteiger partial charge in [0.1, 0.15) is 23.2 Å². The molecule has 0 unspecified atom stereocenters. The van der Waals surface area contributed by atoms with E-state index in [0.29, 0.717) is 38.2 Å². The van der Waals surface area contributed by atoms with E-state index in [1.807, 2.05) is 0 Å². The highest BCUT2D eigenvalue weighted by Gasteiger charge is 2.24. The van der Waals surface area contributed by atoms with Crippen molar-refractivity contribution < 1.29 is 28.2 Å². The summed E-state index contributed by atoms with van der Waals surface area (Å²) in [7, 11) is 0. The zero-order chi connectivity index (χ0) is 21.9. The molecule has 0 aliphatic heterocycles. The number of aromatic amines is 1. The number of nitrogens with one attached hydrogen (secondary N) is 1. The molecule has 4 aromatic carbocycles. The molecule has 0 bridgehead atoms. The van der Waals surface area contributed by atoms with E-state index in [4.69, 9.17) is 0 Å². The van der Waals surface area contributed by atoms with Crippen LogP contribution in [0.1, 0.15) is 0 Å². The number of H-pyrrole nitrogens is 1. The molecule has 154 valence electrons. The minimum absolute atomic E-state index is 0.188. The van der Waals surface area contributed by atoms with Gasteiger partial charge in [-0.1, -0.05) is 12.1 Å². The molecule has 5 rings (SSSR count). The van der Waals surface area contributed by atoms with Crippen molar-refractivity contribution in [2.75, 3.05) is 4.90 Å². The Hall–Kier alpha value is -4.20. The second kappa shape index (κ2) is 6.66. The van der Waals surface area contributed by atoms with Gasteiger partial charge in [-0.3, -0.25) is 0 Å². The zero-order valence-electron chi connectivity index (χ0n) is 15.7. The first-order valence-electron chi connectivity index (χ1n) is 9.18. The zero-order valence-corrected chi connectivity index (χ0v) is 15.7. The van der Waals surface area contributed by atoms with Gasteiger partial charge in [0.25, 0.3) is 0 Å². The number of phenols is 1. The third-order valence-corrected chi connectivity index (χ3v) is 5.23. The number of nitrogens with zero attached hydrogens (tertiary/aromatic N) is 1. The highest BCUT2D eigenvalue weighted by Crippen LogP contribution is 2.40. The lowest BCUT2D eigenvalue weighted by Gasteiger charge is -2.21. The van der Waals surface area contributed by atoms with E-state index >= 15 is 0 Å². The highest BCUT2D eigenvalue weighted by molar-refractivity contribution is 6.18. The third-order valence-electron chi connectivity index (χ3n) is 5.23. The first-order chi connectivity index (χ1) is 14.8. The summed E-state index contributed by atoms with van der Waals surface area (Å²) in [4.78, 5) is 15.6.